The zero-order valence-corrected chi connectivity index (χ0v) is 10.9. The number of carbonyl (C=O) groups is 1. The van der Waals surface area contributed by atoms with Crippen molar-refractivity contribution in [3.63, 3.8) is 0 Å². The average Bonchev–Trinajstić information content (AvgIpc) is 2.71. The molecule has 1 aliphatic rings. The van der Waals surface area contributed by atoms with Crippen LogP contribution in [0.25, 0.3) is 0 Å². The molecule has 0 saturated carbocycles. The van der Waals surface area contributed by atoms with Crippen LogP contribution in [0.3, 0.4) is 0 Å². The van der Waals surface area contributed by atoms with E-state index in [-0.39, 0.29) is 12.2 Å². The Balaban J connectivity index is 2.09. The van der Waals surface area contributed by atoms with Gasteiger partial charge in [0.05, 0.1) is 13.2 Å². The highest BCUT2D eigenvalue weighted by Gasteiger charge is 2.32. The number of anilines is 2. The molecule has 98 valence electrons. The monoisotopic (exact) mass is 250 g/mol. The first-order chi connectivity index (χ1) is 8.61. The Morgan fingerprint density at radius 3 is 2.61 bits per heavy atom. The van der Waals surface area contributed by atoms with Crippen LogP contribution >= 0.6 is 0 Å². The van der Waals surface area contributed by atoms with Crippen molar-refractivity contribution in [2.45, 2.75) is 6.10 Å². The fraction of sp³-hybridized carbons (Fsp3) is 0.462. The van der Waals surface area contributed by atoms with Gasteiger partial charge in [-0.1, -0.05) is 0 Å². The van der Waals surface area contributed by atoms with Gasteiger partial charge in [-0.15, -0.1) is 0 Å². The fourth-order valence-electron chi connectivity index (χ4n) is 1.94. The molecular weight excluding hydrogens is 232 g/mol. The van der Waals surface area contributed by atoms with Crippen molar-refractivity contribution in [1.29, 1.82) is 0 Å². The summed E-state index contributed by atoms with van der Waals surface area (Å²) in [5.74, 6) is 0. The Bertz CT molecular complexity index is 417. The van der Waals surface area contributed by atoms with Gasteiger partial charge >= 0.3 is 6.09 Å². The smallest absolute Gasteiger partial charge is 0.414 e. The van der Waals surface area contributed by atoms with Crippen molar-refractivity contribution in [1.82, 2.24) is 0 Å². The van der Waals surface area contributed by atoms with E-state index in [1.165, 1.54) is 0 Å². The van der Waals surface area contributed by atoms with Crippen LogP contribution in [-0.4, -0.2) is 46.6 Å². The lowest BCUT2D eigenvalue weighted by Crippen LogP contribution is -2.25. The third-order valence-electron chi connectivity index (χ3n) is 2.90. The van der Waals surface area contributed by atoms with E-state index in [2.05, 4.69) is 0 Å². The highest BCUT2D eigenvalue weighted by molar-refractivity contribution is 5.89. The van der Waals surface area contributed by atoms with Crippen LogP contribution in [0.15, 0.2) is 24.3 Å². The maximum absolute atomic E-state index is 11.7. The van der Waals surface area contributed by atoms with Crippen LogP contribution in [0, 0.1) is 0 Å². The lowest BCUT2D eigenvalue weighted by atomic mass is 10.2. The van der Waals surface area contributed by atoms with Gasteiger partial charge in [-0.05, 0) is 24.3 Å². The molecule has 0 aliphatic carbocycles. The van der Waals surface area contributed by atoms with Crippen molar-refractivity contribution < 1.29 is 14.3 Å². The molecule has 0 radical (unpaired) electrons. The van der Waals surface area contributed by atoms with Gasteiger partial charge in [0.1, 0.15) is 6.10 Å². The molecule has 1 fully saturated rings. The molecule has 0 aromatic heterocycles. The molecule has 0 N–H and O–H groups in total. The summed E-state index contributed by atoms with van der Waals surface area (Å²) in [6.07, 6.45) is -0.495. The molecule has 0 bridgehead atoms. The summed E-state index contributed by atoms with van der Waals surface area (Å²) in [6, 6.07) is 7.80. The molecule has 1 amide bonds. The summed E-state index contributed by atoms with van der Waals surface area (Å²) < 4.78 is 10.2. The first-order valence-electron chi connectivity index (χ1n) is 5.86. The van der Waals surface area contributed by atoms with Crippen LogP contribution in [-0.2, 0) is 9.47 Å². The first-order valence-corrected chi connectivity index (χ1v) is 5.86. The zero-order chi connectivity index (χ0) is 13.1. The highest BCUT2D eigenvalue weighted by atomic mass is 16.6. The van der Waals surface area contributed by atoms with Crippen LogP contribution in [0.5, 0.6) is 0 Å². The minimum absolute atomic E-state index is 0.184. The number of benzene rings is 1. The van der Waals surface area contributed by atoms with E-state index in [1.54, 1.807) is 12.0 Å². The lowest BCUT2D eigenvalue weighted by Gasteiger charge is -2.16. The molecule has 5 nitrogen and oxygen atoms in total. The number of ether oxygens (including phenoxy) is 2. The van der Waals surface area contributed by atoms with E-state index in [4.69, 9.17) is 9.47 Å². The number of methoxy groups -OCH3 is 1. The Hall–Kier alpha value is -1.75. The van der Waals surface area contributed by atoms with Gasteiger partial charge in [-0.2, -0.15) is 0 Å². The van der Waals surface area contributed by atoms with Crippen molar-refractivity contribution in [3.05, 3.63) is 24.3 Å². The SMILES string of the molecule is COCC1CN(c2ccc(N(C)C)cc2)C(=O)O1. The molecule has 1 aromatic rings. The third kappa shape index (κ3) is 2.56. The van der Waals surface area contributed by atoms with Crippen molar-refractivity contribution in [3.8, 4) is 0 Å². The largest absolute Gasteiger partial charge is 0.441 e. The van der Waals surface area contributed by atoms with Crippen molar-refractivity contribution >= 4 is 17.5 Å². The average molecular weight is 250 g/mol. The van der Waals surface area contributed by atoms with Crippen LogP contribution in [0.1, 0.15) is 0 Å². The number of nitrogens with zero attached hydrogens (tertiary/aromatic N) is 2. The number of hydrogen-bond donors (Lipinski definition) is 0. The molecule has 0 spiro atoms. The van der Waals surface area contributed by atoms with E-state index >= 15 is 0 Å². The second-order valence-electron chi connectivity index (χ2n) is 4.48. The number of hydrogen-bond acceptors (Lipinski definition) is 4. The minimum atomic E-state index is -0.311. The molecule has 1 unspecified atom stereocenters. The summed E-state index contributed by atoms with van der Waals surface area (Å²) in [7, 11) is 5.56. The Morgan fingerprint density at radius 2 is 2.06 bits per heavy atom. The minimum Gasteiger partial charge on any atom is -0.441 e. The first kappa shape index (κ1) is 12.7. The molecule has 1 saturated heterocycles. The van der Waals surface area contributed by atoms with E-state index in [0.29, 0.717) is 13.2 Å². The topological polar surface area (TPSA) is 42.0 Å². The number of rotatable bonds is 4. The second kappa shape index (κ2) is 5.27. The maximum Gasteiger partial charge on any atom is 0.414 e. The molecule has 1 aliphatic heterocycles. The molecular formula is C13H18N2O3. The van der Waals surface area contributed by atoms with Gasteiger partial charge in [0.25, 0.3) is 0 Å². The normalized spacial score (nSPS) is 18.9. The Morgan fingerprint density at radius 1 is 1.39 bits per heavy atom. The van der Waals surface area contributed by atoms with Gasteiger partial charge < -0.3 is 14.4 Å². The van der Waals surface area contributed by atoms with Gasteiger partial charge in [0.2, 0.25) is 0 Å². The predicted molar refractivity (Wildman–Crippen MR) is 70.3 cm³/mol. The fourth-order valence-corrected chi connectivity index (χ4v) is 1.94. The Labute approximate surface area is 107 Å². The van der Waals surface area contributed by atoms with Gasteiger partial charge in [-0.25, -0.2) is 4.79 Å². The highest BCUT2D eigenvalue weighted by Crippen LogP contribution is 2.24. The van der Waals surface area contributed by atoms with E-state index in [9.17, 15) is 4.79 Å². The van der Waals surface area contributed by atoms with Crippen LogP contribution in [0.2, 0.25) is 0 Å². The summed E-state index contributed by atoms with van der Waals surface area (Å²) in [5, 5.41) is 0. The number of amides is 1. The molecule has 2 rings (SSSR count). The Kier molecular flexibility index (Phi) is 3.72. The maximum atomic E-state index is 11.7. The van der Waals surface area contributed by atoms with Gasteiger partial charge in [-0.3, -0.25) is 4.90 Å². The van der Waals surface area contributed by atoms with Crippen molar-refractivity contribution in [2.24, 2.45) is 0 Å². The van der Waals surface area contributed by atoms with E-state index in [0.717, 1.165) is 11.4 Å². The summed E-state index contributed by atoms with van der Waals surface area (Å²) in [6.45, 7) is 0.964. The molecule has 1 aromatic carbocycles. The van der Waals surface area contributed by atoms with Gasteiger partial charge in [0.15, 0.2) is 0 Å². The number of carbonyl (C=O) groups excluding carboxylic acids is 1. The zero-order valence-electron chi connectivity index (χ0n) is 10.9. The third-order valence-corrected chi connectivity index (χ3v) is 2.90. The standard InChI is InChI=1S/C13H18N2O3/c1-14(2)10-4-6-11(7-5-10)15-8-12(9-17-3)18-13(15)16/h4-7,12H,8-9H2,1-3H3. The van der Waals surface area contributed by atoms with E-state index < -0.39 is 0 Å². The van der Waals surface area contributed by atoms with E-state index in [1.807, 2.05) is 43.3 Å². The second-order valence-corrected chi connectivity index (χ2v) is 4.48. The van der Waals surface area contributed by atoms with Crippen LogP contribution < -0.4 is 9.80 Å². The quantitative estimate of drug-likeness (QED) is 0.816. The van der Waals surface area contributed by atoms with Crippen LogP contribution in [0.4, 0.5) is 16.2 Å². The molecule has 18 heavy (non-hydrogen) atoms. The molecule has 1 atom stereocenters. The molecule has 1 heterocycles. The summed E-state index contributed by atoms with van der Waals surface area (Å²) in [5.41, 5.74) is 1.95. The summed E-state index contributed by atoms with van der Waals surface area (Å²) in [4.78, 5) is 15.4. The van der Waals surface area contributed by atoms with Gasteiger partial charge in [0, 0.05) is 32.6 Å². The lowest BCUT2D eigenvalue weighted by molar-refractivity contribution is 0.0718. The molecule has 5 heteroatoms. The predicted octanol–water partition coefficient (Wildman–Crippen LogP) is 1.72. The summed E-state index contributed by atoms with van der Waals surface area (Å²) >= 11 is 0. The van der Waals surface area contributed by atoms with Crippen molar-refractivity contribution in [2.75, 3.05) is 44.2 Å². The number of cyclic esters (lactones) is 1.